The predicted molar refractivity (Wildman–Crippen MR) is 91.6 cm³/mol. The SMILES string of the molecule is CNC(=O)c1cccc(NC(=O)COC(=O)c2cccc(C)c2O)c1. The Morgan fingerprint density at radius 2 is 1.84 bits per heavy atom. The van der Waals surface area contributed by atoms with Crippen LogP contribution in [0.1, 0.15) is 26.3 Å². The van der Waals surface area contributed by atoms with E-state index in [0.29, 0.717) is 16.8 Å². The Morgan fingerprint density at radius 1 is 1.12 bits per heavy atom. The van der Waals surface area contributed by atoms with E-state index in [1.807, 2.05) is 0 Å². The third-order valence-corrected chi connectivity index (χ3v) is 3.43. The molecule has 0 fully saturated rings. The largest absolute Gasteiger partial charge is 0.507 e. The molecule has 2 aromatic rings. The lowest BCUT2D eigenvalue weighted by molar-refractivity contribution is -0.119. The number of nitrogens with one attached hydrogen (secondary N) is 2. The topological polar surface area (TPSA) is 105 Å². The van der Waals surface area contributed by atoms with Gasteiger partial charge in [-0.25, -0.2) is 4.79 Å². The van der Waals surface area contributed by atoms with Crippen LogP contribution in [0.15, 0.2) is 42.5 Å². The van der Waals surface area contributed by atoms with E-state index < -0.39 is 18.5 Å². The average molecular weight is 342 g/mol. The monoisotopic (exact) mass is 342 g/mol. The third-order valence-electron chi connectivity index (χ3n) is 3.43. The normalized spacial score (nSPS) is 10.0. The Hall–Kier alpha value is -3.35. The number of esters is 1. The van der Waals surface area contributed by atoms with Crippen LogP contribution in [0.5, 0.6) is 5.75 Å². The summed E-state index contributed by atoms with van der Waals surface area (Å²) in [5.74, 6) is -1.81. The van der Waals surface area contributed by atoms with Crippen LogP contribution in [0.2, 0.25) is 0 Å². The van der Waals surface area contributed by atoms with E-state index in [4.69, 9.17) is 4.74 Å². The summed E-state index contributed by atoms with van der Waals surface area (Å²) in [6.45, 7) is 1.13. The molecule has 0 saturated carbocycles. The first-order valence-corrected chi connectivity index (χ1v) is 7.50. The van der Waals surface area contributed by atoms with Crippen molar-refractivity contribution in [2.24, 2.45) is 0 Å². The lowest BCUT2D eigenvalue weighted by Gasteiger charge is -2.09. The van der Waals surface area contributed by atoms with E-state index in [-0.39, 0.29) is 17.2 Å². The van der Waals surface area contributed by atoms with Gasteiger partial charge in [-0.05, 0) is 36.8 Å². The zero-order valence-corrected chi connectivity index (χ0v) is 13.8. The van der Waals surface area contributed by atoms with Crippen molar-refractivity contribution in [3.8, 4) is 5.75 Å². The molecule has 0 aromatic heterocycles. The van der Waals surface area contributed by atoms with Crippen molar-refractivity contribution in [2.75, 3.05) is 19.0 Å². The molecule has 0 atom stereocenters. The van der Waals surface area contributed by atoms with Crippen molar-refractivity contribution in [3.63, 3.8) is 0 Å². The highest BCUT2D eigenvalue weighted by molar-refractivity contribution is 5.98. The fourth-order valence-corrected chi connectivity index (χ4v) is 2.11. The Morgan fingerprint density at radius 3 is 2.56 bits per heavy atom. The number of hydrogen-bond donors (Lipinski definition) is 3. The van der Waals surface area contributed by atoms with Gasteiger partial charge in [0.15, 0.2) is 6.61 Å². The molecule has 0 spiro atoms. The Bertz CT molecular complexity index is 817. The average Bonchev–Trinajstić information content (AvgIpc) is 2.61. The first kappa shape index (κ1) is 18.0. The Kier molecular flexibility index (Phi) is 5.73. The van der Waals surface area contributed by atoms with Gasteiger partial charge in [0.25, 0.3) is 11.8 Å². The minimum absolute atomic E-state index is 0.00517. The van der Waals surface area contributed by atoms with Crippen LogP contribution in [0.25, 0.3) is 0 Å². The first-order chi connectivity index (χ1) is 11.9. The van der Waals surface area contributed by atoms with Crippen molar-refractivity contribution in [3.05, 3.63) is 59.2 Å². The summed E-state index contributed by atoms with van der Waals surface area (Å²) in [5.41, 5.74) is 1.32. The fraction of sp³-hybridized carbons (Fsp3) is 0.167. The molecule has 0 unspecified atom stereocenters. The minimum atomic E-state index is -0.796. The lowest BCUT2D eigenvalue weighted by atomic mass is 10.1. The Balaban J connectivity index is 1.96. The van der Waals surface area contributed by atoms with Gasteiger partial charge in [0.05, 0.1) is 0 Å². The van der Waals surface area contributed by atoms with Crippen molar-refractivity contribution >= 4 is 23.5 Å². The van der Waals surface area contributed by atoms with E-state index in [0.717, 1.165) is 0 Å². The molecule has 0 aliphatic rings. The predicted octanol–water partition coefficient (Wildman–Crippen LogP) is 1.86. The fourth-order valence-electron chi connectivity index (χ4n) is 2.11. The van der Waals surface area contributed by atoms with Gasteiger partial charge in [-0.15, -0.1) is 0 Å². The molecule has 130 valence electrons. The number of carbonyl (C=O) groups excluding carboxylic acids is 3. The zero-order chi connectivity index (χ0) is 18.4. The quantitative estimate of drug-likeness (QED) is 0.719. The summed E-state index contributed by atoms with van der Waals surface area (Å²) in [6, 6.07) is 11.0. The van der Waals surface area contributed by atoms with Gasteiger partial charge in [0.2, 0.25) is 0 Å². The summed E-state index contributed by atoms with van der Waals surface area (Å²) in [7, 11) is 1.51. The molecule has 0 aliphatic heterocycles. The van der Waals surface area contributed by atoms with Crippen LogP contribution in [0, 0.1) is 6.92 Å². The van der Waals surface area contributed by atoms with Gasteiger partial charge in [-0.3, -0.25) is 9.59 Å². The smallest absolute Gasteiger partial charge is 0.342 e. The maximum absolute atomic E-state index is 11.9. The molecule has 25 heavy (non-hydrogen) atoms. The number of phenols is 1. The molecule has 2 amide bonds. The van der Waals surface area contributed by atoms with Crippen LogP contribution < -0.4 is 10.6 Å². The van der Waals surface area contributed by atoms with Crippen LogP contribution in [0.3, 0.4) is 0 Å². The highest BCUT2D eigenvalue weighted by Gasteiger charge is 2.15. The first-order valence-electron chi connectivity index (χ1n) is 7.50. The molecule has 0 heterocycles. The molecular weight excluding hydrogens is 324 g/mol. The number of para-hydroxylation sites is 1. The molecule has 0 aliphatic carbocycles. The van der Waals surface area contributed by atoms with Gasteiger partial charge in [-0.2, -0.15) is 0 Å². The highest BCUT2D eigenvalue weighted by Crippen LogP contribution is 2.22. The lowest BCUT2D eigenvalue weighted by Crippen LogP contribution is -2.22. The molecular formula is C18H18N2O5. The van der Waals surface area contributed by atoms with Gasteiger partial charge in [0.1, 0.15) is 11.3 Å². The second-order valence-electron chi connectivity index (χ2n) is 5.26. The summed E-state index contributed by atoms with van der Waals surface area (Å²) in [4.78, 5) is 35.4. The van der Waals surface area contributed by atoms with Crippen molar-refractivity contribution in [2.45, 2.75) is 6.92 Å². The van der Waals surface area contributed by atoms with Crippen molar-refractivity contribution in [1.29, 1.82) is 0 Å². The summed E-state index contributed by atoms with van der Waals surface area (Å²) in [6.07, 6.45) is 0. The molecule has 0 saturated heterocycles. The van der Waals surface area contributed by atoms with E-state index in [9.17, 15) is 19.5 Å². The summed E-state index contributed by atoms with van der Waals surface area (Å²) < 4.78 is 4.91. The number of aryl methyl sites for hydroxylation is 1. The number of rotatable bonds is 5. The van der Waals surface area contributed by atoms with Crippen molar-refractivity contribution in [1.82, 2.24) is 5.32 Å². The second kappa shape index (κ2) is 7.96. The van der Waals surface area contributed by atoms with E-state index >= 15 is 0 Å². The number of carbonyl (C=O) groups is 3. The van der Waals surface area contributed by atoms with E-state index in [1.54, 1.807) is 37.3 Å². The number of anilines is 1. The number of aromatic hydroxyl groups is 1. The molecule has 7 nitrogen and oxygen atoms in total. The van der Waals surface area contributed by atoms with Crippen LogP contribution >= 0.6 is 0 Å². The third kappa shape index (κ3) is 4.57. The van der Waals surface area contributed by atoms with Gasteiger partial charge < -0.3 is 20.5 Å². The zero-order valence-electron chi connectivity index (χ0n) is 13.8. The molecule has 2 aromatic carbocycles. The molecule has 7 heteroatoms. The van der Waals surface area contributed by atoms with Gasteiger partial charge in [0, 0.05) is 18.3 Å². The standard InChI is InChI=1S/C18H18N2O5/c1-11-5-3-8-14(16(11)22)18(24)25-10-15(21)20-13-7-4-6-12(9-13)17(23)19-2/h3-9,22H,10H2,1-2H3,(H,19,23)(H,20,21). The number of phenolic OH excluding ortho intramolecular Hbond substituents is 1. The van der Waals surface area contributed by atoms with Crippen LogP contribution in [0.4, 0.5) is 5.69 Å². The number of hydrogen-bond acceptors (Lipinski definition) is 5. The van der Waals surface area contributed by atoms with E-state index in [2.05, 4.69) is 10.6 Å². The van der Waals surface area contributed by atoms with Gasteiger partial charge >= 0.3 is 5.97 Å². The number of benzene rings is 2. The highest BCUT2D eigenvalue weighted by atomic mass is 16.5. The van der Waals surface area contributed by atoms with Crippen LogP contribution in [-0.2, 0) is 9.53 Å². The van der Waals surface area contributed by atoms with Gasteiger partial charge in [-0.1, -0.05) is 18.2 Å². The molecule has 0 radical (unpaired) electrons. The molecule has 2 rings (SSSR count). The summed E-state index contributed by atoms with van der Waals surface area (Å²) >= 11 is 0. The number of ether oxygens (including phenoxy) is 1. The van der Waals surface area contributed by atoms with Crippen molar-refractivity contribution < 1.29 is 24.2 Å². The Labute approximate surface area is 144 Å². The molecule has 0 bridgehead atoms. The molecule has 3 N–H and O–H groups in total. The van der Waals surface area contributed by atoms with E-state index in [1.165, 1.54) is 19.2 Å². The van der Waals surface area contributed by atoms with Crippen LogP contribution in [-0.4, -0.2) is 36.5 Å². The summed E-state index contributed by atoms with van der Waals surface area (Å²) in [5, 5.41) is 14.9. The second-order valence-corrected chi connectivity index (χ2v) is 5.26. The maximum atomic E-state index is 11.9. The minimum Gasteiger partial charge on any atom is -0.507 e. The maximum Gasteiger partial charge on any atom is 0.342 e. The number of amides is 2.